The average molecular weight is 345 g/mol. The van der Waals surface area contributed by atoms with Gasteiger partial charge in [-0.1, -0.05) is 35.5 Å². The van der Waals surface area contributed by atoms with E-state index >= 15 is 0 Å². The fourth-order valence-corrected chi connectivity index (χ4v) is 3.32. The Bertz CT molecular complexity index is 743. The van der Waals surface area contributed by atoms with Crippen molar-refractivity contribution in [2.45, 2.75) is 31.2 Å². The molecular weight excluding hydrogens is 326 g/mol. The molecule has 1 aromatic carbocycles. The number of rotatable bonds is 4. The molecule has 0 bridgehead atoms. The molecule has 1 aliphatic rings. The van der Waals surface area contributed by atoms with Crippen LogP contribution >= 0.6 is 11.8 Å². The van der Waals surface area contributed by atoms with Crippen LogP contribution in [0.25, 0.3) is 11.3 Å². The van der Waals surface area contributed by atoms with Crippen molar-refractivity contribution in [1.29, 1.82) is 0 Å². The third-order valence-electron chi connectivity index (χ3n) is 3.84. The lowest BCUT2D eigenvalue weighted by Crippen LogP contribution is -2.56. The van der Waals surface area contributed by atoms with Crippen LogP contribution in [0.2, 0.25) is 0 Å². The van der Waals surface area contributed by atoms with Crippen LogP contribution in [0.1, 0.15) is 19.6 Å². The van der Waals surface area contributed by atoms with Gasteiger partial charge in [0.05, 0.1) is 11.3 Å². The van der Waals surface area contributed by atoms with Crippen LogP contribution in [0.5, 0.6) is 0 Å². The zero-order chi connectivity index (χ0) is 17.2. The first kappa shape index (κ1) is 16.6. The van der Waals surface area contributed by atoms with Crippen LogP contribution in [0.3, 0.4) is 0 Å². The molecule has 7 heteroatoms. The number of hydrogen-bond donors (Lipinski definition) is 2. The maximum absolute atomic E-state index is 12.2. The minimum Gasteiger partial charge on any atom is -0.359 e. The number of benzene rings is 1. The molecule has 6 nitrogen and oxygen atoms in total. The van der Waals surface area contributed by atoms with Crippen molar-refractivity contribution in [2.24, 2.45) is 0 Å². The summed E-state index contributed by atoms with van der Waals surface area (Å²) in [5.74, 6) is 0.780. The maximum atomic E-state index is 12.2. The van der Waals surface area contributed by atoms with Crippen molar-refractivity contribution < 1.29 is 14.1 Å². The molecule has 0 spiro atoms. The van der Waals surface area contributed by atoms with Gasteiger partial charge in [0.1, 0.15) is 11.7 Å². The van der Waals surface area contributed by atoms with E-state index in [-0.39, 0.29) is 18.4 Å². The highest BCUT2D eigenvalue weighted by atomic mass is 32.2. The molecule has 2 N–H and O–H groups in total. The van der Waals surface area contributed by atoms with Gasteiger partial charge in [0.15, 0.2) is 5.76 Å². The summed E-state index contributed by atoms with van der Waals surface area (Å²) >= 11 is 1.48. The molecular formula is C17H19N3O3S. The van der Waals surface area contributed by atoms with Gasteiger partial charge >= 0.3 is 0 Å². The number of aromatic nitrogens is 1. The summed E-state index contributed by atoms with van der Waals surface area (Å²) in [6.45, 7) is 3.93. The summed E-state index contributed by atoms with van der Waals surface area (Å²) in [6.07, 6.45) is 0. The predicted molar refractivity (Wildman–Crippen MR) is 92.3 cm³/mol. The zero-order valence-electron chi connectivity index (χ0n) is 13.5. The van der Waals surface area contributed by atoms with Gasteiger partial charge in [-0.2, -0.15) is 0 Å². The Balaban J connectivity index is 1.56. The molecule has 24 heavy (non-hydrogen) atoms. The zero-order valence-corrected chi connectivity index (χ0v) is 14.4. The largest absolute Gasteiger partial charge is 0.359 e. The second kappa shape index (κ2) is 6.68. The van der Waals surface area contributed by atoms with Crippen LogP contribution in [0, 0.1) is 0 Å². The van der Waals surface area contributed by atoms with Crippen LogP contribution in [0.4, 0.5) is 0 Å². The lowest BCUT2D eigenvalue weighted by molar-refractivity contribution is -0.129. The normalized spacial score (nSPS) is 19.6. The molecule has 126 valence electrons. The molecule has 1 fully saturated rings. The van der Waals surface area contributed by atoms with Gasteiger partial charge in [-0.05, 0) is 13.8 Å². The van der Waals surface area contributed by atoms with E-state index in [4.69, 9.17) is 4.52 Å². The lowest BCUT2D eigenvalue weighted by Gasteiger charge is -2.32. The smallest absolute Gasteiger partial charge is 0.243 e. The van der Waals surface area contributed by atoms with Crippen molar-refractivity contribution in [3.05, 3.63) is 42.2 Å². The van der Waals surface area contributed by atoms with Crippen LogP contribution in [-0.2, 0) is 16.1 Å². The van der Waals surface area contributed by atoms with E-state index in [2.05, 4.69) is 15.8 Å². The number of hydrogen-bond acceptors (Lipinski definition) is 5. The Morgan fingerprint density at radius 2 is 2.17 bits per heavy atom. The van der Waals surface area contributed by atoms with Gasteiger partial charge in [-0.15, -0.1) is 11.8 Å². The summed E-state index contributed by atoms with van der Waals surface area (Å²) in [6, 6.07) is 10.9. The highest BCUT2D eigenvalue weighted by molar-refractivity contribution is 8.01. The quantitative estimate of drug-likeness (QED) is 0.885. The van der Waals surface area contributed by atoms with E-state index < -0.39 is 10.8 Å². The first-order valence-corrected chi connectivity index (χ1v) is 8.68. The molecule has 0 radical (unpaired) electrons. The van der Waals surface area contributed by atoms with Gasteiger partial charge in [-0.25, -0.2) is 0 Å². The molecule has 2 amide bonds. The summed E-state index contributed by atoms with van der Waals surface area (Å²) in [5.41, 5.74) is 1.68. The van der Waals surface area contributed by atoms with Crippen molar-refractivity contribution in [3.63, 3.8) is 0 Å². The maximum Gasteiger partial charge on any atom is 0.243 e. The number of nitrogens with one attached hydrogen (secondary N) is 2. The number of amides is 2. The highest BCUT2D eigenvalue weighted by Crippen LogP contribution is 2.29. The first-order valence-electron chi connectivity index (χ1n) is 7.69. The van der Waals surface area contributed by atoms with E-state index in [1.54, 1.807) is 6.07 Å². The van der Waals surface area contributed by atoms with Gasteiger partial charge in [0.2, 0.25) is 11.8 Å². The minimum atomic E-state index is -0.521. The Kier molecular flexibility index (Phi) is 4.62. The minimum absolute atomic E-state index is 0.120. The molecule has 1 aliphatic heterocycles. The predicted octanol–water partition coefficient (Wildman–Crippen LogP) is 1.97. The molecule has 0 saturated carbocycles. The van der Waals surface area contributed by atoms with Gasteiger partial charge < -0.3 is 15.2 Å². The summed E-state index contributed by atoms with van der Waals surface area (Å²) in [7, 11) is 0. The Hall–Kier alpha value is -2.28. The van der Waals surface area contributed by atoms with E-state index in [1.165, 1.54) is 11.8 Å². The van der Waals surface area contributed by atoms with Gasteiger partial charge in [0.25, 0.3) is 0 Å². The second-order valence-electron chi connectivity index (χ2n) is 6.11. The molecule has 0 aliphatic carbocycles. The SMILES string of the molecule is CC1(C)SCC(C(=O)NCc2cc(-c3ccccc3)no2)NC1=O. The fourth-order valence-electron chi connectivity index (χ4n) is 2.31. The number of carbonyl (C=O) groups is 2. The topological polar surface area (TPSA) is 84.2 Å². The summed E-state index contributed by atoms with van der Waals surface area (Å²) in [5, 5.41) is 9.54. The molecule has 2 heterocycles. The number of thioether (sulfide) groups is 1. The van der Waals surface area contributed by atoms with Crippen molar-refractivity contribution >= 4 is 23.6 Å². The number of nitrogens with zero attached hydrogens (tertiary/aromatic N) is 1. The van der Waals surface area contributed by atoms with Crippen molar-refractivity contribution in [1.82, 2.24) is 15.8 Å². The summed E-state index contributed by atoms with van der Waals surface area (Å²) in [4.78, 5) is 24.1. The standard InChI is InChI=1S/C17H19N3O3S/c1-17(2)16(22)19-14(10-24-17)15(21)18-9-12-8-13(20-23-12)11-6-4-3-5-7-11/h3-8,14H,9-10H2,1-2H3,(H,18,21)(H,19,22). The van der Waals surface area contributed by atoms with Crippen LogP contribution in [-0.4, -0.2) is 33.5 Å². The van der Waals surface area contributed by atoms with E-state index in [0.717, 1.165) is 11.3 Å². The lowest BCUT2D eigenvalue weighted by atomic mass is 10.1. The first-order chi connectivity index (χ1) is 11.5. The Morgan fingerprint density at radius 1 is 1.42 bits per heavy atom. The Morgan fingerprint density at radius 3 is 2.88 bits per heavy atom. The molecule has 1 unspecified atom stereocenters. The van der Waals surface area contributed by atoms with E-state index in [9.17, 15) is 9.59 Å². The van der Waals surface area contributed by atoms with Crippen molar-refractivity contribution in [2.75, 3.05) is 5.75 Å². The van der Waals surface area contributed by atoms with Crippen molar-refractivity contribution in [3.8, 4) is 11.3 Å². The van der Waals surface area contributed by atoms with E-state index in [0.29, 0.717) is 11.5 Å². The fraction of sp³-hybridized carbons (Fsp3) is 0.353. The third-order valence-corrected chi connectivity index (χ3v) is 5.25. The average Bonchev–Trinajstić information content (AvgIpc) is 3.05. The second-order valence-corrected chi connectivity index (χ2v) is 7.75. The molecule has 1 atom stereocenters. The van der Waals surface area contributed by atoms with Gasteiger partial charge in [-0.3, -0.25) is 9.59 Å². The summed E-state index contributed by atoms with van der Waals surface area (Å²) < 4.78 is 4.76. The molecule has 3 rings (SSSR count). The van der Waals surface area contributed by atoms with Crippen LogP contribution < -0.4 is 10.6 Å². The third kappa shape index (κ3) is 3.62. The molecule has 2 aromatic rings. The van der Waals surface area contributed by atoms with Crippen LogP contribution in [0.15, 0.2) is 40.9 Å². The van der Waals surface area contributed by atoms with Gasteiger partial charge in [0, 0.05) is 17.4 Å². The highest BCUT2D eigenvalue weighted by Gasteiger charge is 2.37. The molecule has 1 saturated heterocycles. The van der Waals surface area contributed by atoms with E-state index in [1.807, 2.05) is 44.2 Å². The molecule has 1 aromatic heterocycles. The number of carbonyl (C=O) groups excluding carboxylic acids is 2. The Labute approximate surface area is 144 Å². The monoisotopic (exact) mass is 345 g/mol.